The van der Waals surface area contributed by atoms with Crippen molar-refractivity contribution in [3.05, 3.63) is 0 Å². The van der Waals surface area contributed by atoms with E-state index >= 15 is 0 Å². The molecular weight excluding hydrogens is 252 g/mol. The van der Waals surface area contributed by atoms with Gasteiger partial charge in [-0.1, -0.05) is 6.42 Å². The molecule has 0 saturated heterocycles. The number of hydrogen-bond donors (Lipinski definition) is 2. The molecule has 2 aliphatic rings. The maximum absolute atomic E-state index is 9.55. The smallest absolute Gasteiger partial charge is 0.0613 e. The Morgan fingerprint density at radius 2 is 2.10 bits per heavy atom. The molecule has 3 N–H and O–H groups in total. The van der Waals surface area contributed by atoms with Crippen LogP contribution in [0, 0.1) is 11.8 Å². The molecule has 0 aliphatic heterocycles. The van der Waals surface area contributed by atoms with Crippen LogP contribution < -0.4 is 5.73 Å². The SMILES string of the molecule is COCCN(CCC1CCCC1(N)CO)C(C)C1CC1. The third-order valence-electron chi connectivity index (χ3n) is 5.53. The van der Waals surface area contributed by atoms with Gasteiger partial charge in [0.25, 0.3) is 0 Å². The van der Waals surface area contributed by atoms with E-state index in [1.54, 1.807) is 7.11 Å². The summed E-state index contributed by atoms with van der Waals surface area (Å²) in [6.45, 7) is 5.38. The average Bonchev–Trinajstić information content (AvgIpc) is 3.23. The number of methoxy groups -OCH3 is 1. The number of rotatable bonds is 9. The minimum Gasteiger partial charge on any atom is -0.394 e. The molecule has 4 heteroatoms. The Balaban J connectivity index is 1.84. The third-order valence-corrected chi connectivity index (χ3v) is 5.53. The minimum absolute atomic E-state index is 0.133. The number of nitrogens with two attached hydrogens (primary N) is 1. The molecule has 2 aliphatic carbocycles. The number of nitrogens with zero attached hydrogens (tertiary/aromatic N) is 1. The zero-order chi connectivity index (χ0) is 14.6. The molecule has 3 unspecified atom stereocenters. The van der Waals surface area contributed by atoms with E-state index in [1.165, 1.54) is 19.3 Å². The van der Waals surface area contributed by atoms with Gasteiger partial charge in [0.2, 0.25) is 0 Å². The molecule has 0 aromatic rings. The van der Waals surface area contributed by atoms with Crippen molar-refractivity contribution in [1.29, 1.82) is 0 Å². The lowest BCUT2D eigenvalue weighted by molar-refractivity contribution is 0.0993. The quantitative estimate of drug-likeness (QED) is 0.675. The normalized spacial score (nSPS) is 31.9. The van der Waals surface area contributed by atoms with Crippen molar-refractivity contribution < 1.29 is 9.84 Å². The van der Waals surface area contributed by atoms with E-state index in [0.717, 1.165) is 44.9 Å². The molecule has 0 bridgehead atoms. The van der Waals surface area contributed by atoms with E-state index in [2.05, 4.69) is 11.8 Å². The fourth-order valence-electron chi connectivity index (χ4n) is 3.74. The summed E-state index contributed by atoms with van der Waals surface area (Å²) < 4.78 is 5.25. The van der Waals surface area contributed by atoms with Crippen molar-refractivity contribution in [3.63, 3.8) is 0 Å². The van der Waals surface area contributed by atoms with E-state index in [1.807, 2.05) is 0 Å². The molecule has 0 spiro atoms. The molecular formula is C16H32N2O2. The number of aliphatic hydroxyl groups is 1. The number of aliphatic hydroxyl groups excluding tert-OH is 1. The fourth-order valence-corrected chi connectivity index (χ4v) is 3.74. The van der Waals surface area contributed by atoms with Gasteiger partial charge in [0, 0.05) is 25.2 Å². The Bertz CT molecular complexity index is 296. The monoisotopic (exact) mass is 284 g/mol. The van der Waals surface area contributed by atoms with Crippen LogP contribution in [-0.4, -0.2) is 55.0 Å². The molecule has 2 rings (SSSR count). The maximum Gasteiger partial charge on any atom is 0.0613 e. The van der Waals surface area contributed by atoms with E-state index in [0.29, 0.717) is 12.0 Å². The summed E-state index contributed by atoms with van der Waals surface area (Å²) in [4.78, 5) is 2.57. The molecule has 20 heavy (non-hydrogen) atoms. The zero-order valence-corrected chi connectivity index (χ0v) is 13.2. The van der Waals surface area contributed by atoms with Gasteiger partial charge in [-0.05, 0) is 57.4 Å². The van der Waals surface area contributed by atoms with Crippen molar-refractivity contribution in [2.75, 3.05) is 33.4 Å². The molecule has 2 fully saturated rings. The molecule has 0 aromatic heterocycles. The van der Waals surface area contributed by atoms with Gasteiger partial charge < -0.3 is 15.6 Å². The molecule has 118 valence electrons. The van der Waals surface area contributed by atoms with Gasteiger partial charge in [0.15, 0.2) is 0 Å². The van der Waals surface area contributed by atoms with Crippen LogP contribution in [0.2, 0.25) is 0 Å². The van der Waals surface area contributed by atoms with Crippen molar-refractivity contribution in [2.45, 2.75) is 57.0 Å². The summed E-state index contributed by atoms with van der Waals surface area (Å²) in [7, 11) is 1.77. The molecule has 2 saturated carbocycles. The van der Waals surface area contributed by atoms with Crippen LogP contribution in [0.15, 0.2) is 0 Å². The van der Waals surface area contributed by atoms with Gasteiger partial charge in [0.05, 0.1) is 13.2 Å². The summed E-state index contributed by atoms with van der Waals surface area (Å²) in [6, 6.07) is 0.660. The van der Waals surface area contributed by atoms with Gasteiger partial charge in [0.1, 0.15) is 0 Å². The standard InChI is InChI=1S/C16H32N2O2/c1-13(14-5-6-14)18(10-11-20-2)9-7-15-4-3-8-16(15,17)12-19/h13-15,19H,3-12,17H2,1-2H3. The highest BCUT2D eigenvalue weighted by Gasteiger charge is 2.39. The highest BCUT2D eigenvalue weighted by molar-refractivity contribution is 4.96. The first-order valence-corrected chi connectivity index (χ1v) is 8.23. The Morgan fingerprint density at radius 3 is 2.70 bits per heavy atom. The Labute approximate surface area is 123 Å². The van der Waals surface area contributed by atoms with Crippen LogP contribution in [0.1, 0.15) is 45.4 Å². The van der Waals surface area contributed by atoms with E-state index in [4.69, 9.17) is 10.5 Å². The first-order valence-electron chi connectivity index (χ1n) is 8.23. The Kier molecular flexibility index (Phi) is 5.84. The highest BCUT2D eigenvalue weighted by Crippen LogP contribution is 2.38. The van der Waals surface area contributed by atoms with Gasteiger partial charge >= 0.3 is 0 Å². The second-order valence-corrected chi connectivity index (χ2v) is 6.88. The van der Waals surface area contributed by atoms with Crippen LogP contribution in [0.3, 0.4) is 0 Å². The molecule has 3 atom stereocenters. The maximum atomic E-state index is 9.55. The lowest BCUT2D eigenvalue weighted by Gasteiger charge is -2.34. The summed E-state index contributed by atoms with van der Waals surface area (Å²) in [6.07, 6.45) is 7.18. The number of ether oxygens (including phenoxy) is 1. The topological polar surface area (TPSA) is 58.7 Å². The molecule has 0 aromatic carbocycles. The lowest BCUT2D eigenvalue weighted by atomic mass is 9.86. The van der Waals surface area contributed by atoms with Gasteiger partial charge in [-0.2, -0.15) is 0 Å². The van der Waals surface area contributed by atoms with Crippen molar-refractivity contribution in [2.24, 2.45) is 17.6 Å². The first kappa shape index (κ1) is 16.2. The predicted molar refractivity (Wildman–Crippen MR) is 81.6 cm³/mol. The Hall–Kier alpha value is -0.160. The molecule has 0 radical (unpaired) electrons. The van der Waals surface area contributed by atoms with Crippen LogP contribution in [0.4, 0.5) is 0 Å². The van der Waals surface area contributed by atoms with Gasteiger partial charge in [-0.15, -0.1) is 0 Å². The van der Waals surface area contributed by atoms with Gasteiger partial charge in [-0.25, -0.2) is 0 Å². The Morgan fingerprint density at radius 1 is 1.35 bits per heavy atom. The minimum atomic E-state index is -0.324. The van der Waals surface area contributed by atoms with Crippen LogP contribution in [-0.2, 0) is 4.74 Å². The summed E-state index contributed by atoms with van der Waals surface area (Å²) in [5, 5.41) is 9.55. The average molecular weight is 284 g/mol. The van der Waals surface area contributed by atoms with Crippen molar-refractivity contribution >= 4 is 0 Å². The molecule has 0 amide bonds. The first-order chi connectivity index (χ1) is 9.60. The number of hydrogen-bond acceptors (Lipinski definition) is 4. The van der Waals surface area contributed by atoms with Gasteiger partial charge in [-0.3, -0.25) is 4.90 Å². The fraction of sp³-hybridized carbons (Fsp3) is 1.00. The predicted octanol–water partition coefficient (Wildman–Crippen LogP) is 1.61. The molecule has 0 heterocycles. The van der Waals surface area contributed by atoms with E-state index in [9.17, 15) is 5.11 Å². The lowest BCUT2D eigenvalue weighted by Crippen LogP contribution is -2.48. The summed E-state index contributed by atoms with van der Waals surface area (Å²) in [5.74, 6) is 1.36. The molecule has 4 nitrogen and oxygen atoms in total. The van der Waals surface area contributed by atoms with Crippen LogP contribution in [0.5, 0.6) is 0 Å². The summed E-state index contributed by atoms with van der Waals surface area (Å²) >= 11 is 0. The van der Waals surface area contributed by atoms with E-state index in [-0.39, 0.29) is 12.1 Å². The van der Waals surface area contributed by atoms with Crippen LogP contribution >= 0.6 is 0 Å². The van der Waals surface area contributed by atoms with Crippen LogP contribution in [0.25, 0.3) is 0 Å². The second kappa shape index (κ2) is 7.21. The van der Waals surface area contributed by atoms with E-state index < -0.39 is 0 Å². The highest BCUT2D eigenvalue weighted by atomic mass is 16.5. The second-order valence-electron chi connectivity index (χ2n) is 6.88. The van der Waals surface area contributed by atoms with Crippen molar-refractivity contribution in [1.82, 2.24) is 4.90 Å². The third kappa shape index (κ3) is 3.94. The van der Waals surface area contributed by atoms with Crippen molar-refractivity contribution in [3.8, 4) is 0 Å². The largest absolute Gasteiger partial charge is 0.394 e. The summed E-state index contributed by atoms with van der Waals surface area (Å²) in [5.41, 5.74) is 6.02. The zero-order valence-electron chi connectivity index (χ0n) is 13.2.